The van der Waals surface area contributed by atoms with Gasteiger partial charge < -0.3 is 15.5 Å². The van der Waals surface area contributed by atoms with Crippen LogP contribution in [0.1, 0.15) is 28.9 Å². The monoisotopic (exact) mass is 346 g/mol. The molecule has 24 heavy (non-hydrogen) atoms. The number of carbonyl (C=O) groups excluding carboxylic acids is 1. The van der Waals surface area contributed by atoms with Gasteiger partial charge in [-0.1, -0.05) is 23.7 Å². The molecule has 0 spiro atoms. The van der Waals surface area contributed by atoms with Crippen molar-refractivity contribution in [3.05, 3.63) is 46.7 Å². The standard InChI is InChI=1S/C17H15ClN2O4/c1-9-12(10-3-2-4-11(18)7-10)8-19-13(14(9)21)15(22)20-17(5-6-17)16(23)24/h2-4,7-8,21H,5-6H2,1H3,(H,20,22)(H,23,24). The first-order valence-electron chi connectivity index (χ1n) is 7.34. The molecule has 1 fully saturated rings. The van der Waals surface area contributed by atoms with E-state index in [-0.39, 0.29) is 11.4 Å². The van der Waals surface area contributed by atoms with Gasteiger partial charge in [-0.3, -0.25) is 4.79 Å². The van der Waals surface area contributed by atoms with Crippen LogP contribution < -0.4 is 5.32 Å². The van der Waals surface area contributed by atoms with Gasteiger partial charge in [-0.2, -0.15) is 0 Å². The number of amides is 1. The van der Waals surface area contributed by atoms with Crippen molar-refractivity contribution in [1.82, 2.24) is 10.3 Å². The minimum Gasteiger partial charge on any atom is -0.505 e. The molecule has 2 aromatic rings. The Morgan fingerprint density at radius 3 is 2.62 bits per heavy atom. The number of hydrogen-bond acceptors (Lipinski definition) is 4. The number of pyridine rings is 1. The SMILES string of the molecule is Cc1c(-c2cccc(Cl)c2)cnc(C(=O)NC2(C(=O)O)CC2)c1O. The van der Waals surface area contributed by atoms with Crippen molar-refractivity contribution in [2.45, 2.75) is 25.3 Å². The number of carbonyl (C=O) groups is 2. The van der Waals surface area contributed by atoms with E-state index in [1.165, 1.54) is 6.20 Å². The van der Waals surface area contributed by atoms with Crippen LogP contribution in [0.25, 0.3) is 11.1 Å². The zero-order valence-corrected chi connectivity index (χ0v) is 13.6. The molecule has 6 nitrogen and oxygen atoms in total. The molecule has 1 aliphatic carbocycles. The highest BCUT2D eigenvalue weighted by molar-refractivity contribution is 6.30. The summed E-state index contributed by atoms with van der Waals surface area (Å²) in [7, 11) is 0. The van der Waals surface area contributed by atoms with Gasteiger partial charge in [0.2, 0.25) is 0 Å². The number of aromatic hydroxyl groups is 1. The van der Waals surface area contributed by atoms with E-state index in [9.17, 15) is 14.7 Å². The summed E-state index contributed by atoms with van der Waals surface area (Å²) in [6.07, 6.45) is 2.21. The van der Waals surface area contributed by atoms with Gasteiger partial charge in [0.25, 0.3) is 5.91 Å². The van der Waals surface area contributed by atoms with Crippen LogP contribution in [0.4, 0.5) is 0 Å². The molecular weight excluding hydrogens is 332 g/mol. The predicted molar refractivity (Wildman–Crippen MR) is 88.2 cm³/mol. The molecule has 3 rings (SSSR count). The van der Waals surface area contributed by atoms with Crippen molar-refractivity contribution in [1.29, 1.82) is 0 Å². The first-order valence-corrected chi connectivity index (χ1v) is 7.72. The van der Waals surface area contributed by atoms with Crippen LogP contribution in [0.3, 0.4) is 0 Å². The topological polar surface area (TPSA) is 99.5 Å². The van der Waals surface area contributed by atoms with E-state index in [1.807, 2.05) is 6.07 Å². The summed E-state index contributed by atoms with van der Waals surface area (Å²) in [5.41, 5.74) is 0.457. The van der Waals surface area contributed by atoms with Gasteiger partial charge >= 0.3 is 5.97 Å². The van der Waals surface area contributed by atoms with Crippen molar-refractivity contribution in [3.8, 4) is 16.9 Å². The third kappa shape index (κ3) is 2.80. The van der Waals surface area contributed by atoms with E-state index in [4.69, 9.17) is 16.7 Å². The Morgan fingerprint density at radius 1 is 1.33 bits per heavy atom. The maximum Gasteiger partial charge on any atom is 0.329 e. The minimum absolute atomic E-state index is 0.189. The lowest BCUT2D eigenvalue weighted by atomic mass is 10.0. The number of carboxylic acid groups (broad SMARTS) is 1. The van der Waals surface area contributed by atoms with E-state index in [0.717, 1.165) is 5.56 Å². The maximum absolute atomic E-state index is 12.3. The van der Waals surface area contributed by atoms with Crippen molar-refractivity contribution < 1.29 is 19.8 Å². The summed E-state index contributed by atoms with van der Waals surface area (Å²) in [5, 5.41) is 22.4. The van der Waals surface area contributed by atoms with Crippen LogP contribution in [-0.2, 0) is 4.79 Å². The van der Waals surface area contributed by atoms with Crippen LogP contribution in [0, 0.1) is 6.92 Å². The molecule has 0 atom stereocenters. The average molecular weight is 347 g/mol. The average Bonchev–Trinajstić information content (AvgIpc) is 3.30. The number of hydrogen-bond donors (Lipinski definition) is 3. The van der Waals surface area contributed by atoms with Crippen LogP contribution in [-0.4, -0.2) is 32.6 Å². The molecule has 1 aromatic carbocycles. The molecule has 7 heteroatoms. The zero-order valence-electron chi connectivity index (χ0n) is 12.8. The molecule has 1 saturated carbocycles. The second-order valence-corrected chi connectivity index (χ2v) is 6.28. The summed E-state index contributed by atoms with van der Waals surface area (Å²) >= 11 is 5.98. The van der Waals surface area contributed by atoms with Gasteiger partial charge in [0.15, 0.2) is 5.69 Å². The summed E-state index contributed by atoms with van der Waals surface area (Å²) in [4.78, 5) is 27.4. The molecule has 1 aliphatic rings. The van der Waals surface area contributed by atoms with Crippen LogP contribution in [0.15, 0.2) is 30.5 Å². The fourth-order valence-electron chi connectivity index (χ4n) is 2.50. The lowest BCUT2D eigenvalue weighted by Crippen LogP contribution is -2.43. The largest absolute Gasteiger partial charge is 0.505 e. The minimum atomic E-state index is -1.23. The van der Waals surface area contributed by atoms with E-state index in [1.54, 1.807) is 25.1 Å². The summed E-state index contributed by atoms with van der Waals surface area (Å²) in [5.74, 6) is -2.05. The highest BCUT2D eigenvalue weighted by Crippen LogP contribution is 2.37. The Morgan fingerprint density at radius 2 is 2.04 bits per heavy atom. The quantitative estimate of drug-likeness (QED) is 0.790. The number of benzene rings is 1. The molecular formula is C17H15ClN2O4. The highest BCUT2D eigenvalue weighted by atomic mass is 35.5. The number of aliphatic carboxylic acids is 1. The van der Waals surface area contributed by atoms with Crippen molar-refractivity contribution in [2.75, 3.05) is 0 Å². The van der Waals surface area contributed by atoms with Crippen molar-refractivity contribution >= 4 is 23.5 Å². The Balaban J connectivity index is 1.93. The van der Waals surface area contributed by atoms with E-state index in [2.05, 4.69) is 10.3 Å². The van der Waals surface area contributed by atoms with Crippen LogP contribution >= 0.6 is 11.6 Å². The molecule has 3 N–H and O–H groups in total. The van der Waals surface area contributed by atoms with Crippen LogP contribution in [0.5, 0.6) is 5.75 Å². The number of halogens is 1. The van der Waals surface area contributed by atoms with Gasteiger partial charge in [-0.25, -0.2) is 9.78 Å². The lowest BCUT2D eigenvalue weighted by Gasteiger charge is -2.15. The number of aromatic nitrogens is 1. The molecule has 0 saturated heterocycles. The number of nitrogens with one attached hydrogen (secondary N) is 1. The Labute approximate surface area is 143 Å². The lowest BCUT2D eigenvalue weighted by molar-refractivity contribution is -0.140. The number of rotatable bonds is 4. The van der Waals surface area contributed by atoms with Crippen LogP contribution in [0.2, 0.25) is 5.02 Å². The van der Waals surface area contributed by atoms with Crippen molar-refractivity contribution in [3.63, 3.8) is 0 Å². The van der Waals surface area contributed by atoms with E-state index >= 15 is 0 Å². The van der Waals surface area contributed by atoms with Gasteiger partial charge in [-0.05, 0) is 37.5 Å². The first-order chi connectivity index (χ1) is 11.3. The van der Waals surface area contributed by atoms with Gasteiger partial charge in [0, 0.05) is 22.3 Å². The molecule has 1 heterocycles. The van der Waals surface area contributed by atoms with Gasteiger partial charge in [0.05, 0.1) is 0 Å². The third-order valence-corrected chi connectivity index (χ3v) is 4.40. The fraction of sp³-hybridized carbons (Fsp3) is 0.235. The molecule has 0 aliphatic heterocycles. The zero-order chi connectivity index (χ0) is 17.5. The second-order valence-electron chi connectivity index (χ2n) is 5.85. The molecule has 0 bridgehead atoms. The Kier molecular flexibility index (Phi) is 3.93. The Bertz CT molecular complexity index is 846. The predicted octanol–water partition coefficient (Wildman–Crippen LogP) is 2.76. The Hall–Kier alpha value is -2.60. The summed E-state index contributed by atoms with van der Waals surface area (Å²) < 4.78 is 0. The summed E-state index contributed by atoms with van der Waals surface area (Å²) in [6, 6.07) is 7.06. The molecule has 1 amide bonds. The first kappa shape index (κ1) is 16.3. The third-order valence-electron chi connectivity index (χ3n) is 4.17. The molecule has 0 radical (unpaired) electrons. The molecule has 0 unspecified atom stereocenters. The summed E-state index contributed by atoms with van der Waals surface area (Å²) in [6.45, 7) is 1.66. The smallest absolute Gasteiger partial charge is 0.329 e. The number of carboxylic acids is 1. The number of nitrogens with zero attached hydrogens (tertiary/aromatic N) is 1. The molecule has 124 valence electrons. The normalized spacial score (nSPS) is 14.9. The van der Waals surface area contributed by atoms with E-state index in [0.29, 0.717) is 29.0 Å². The maximum atomic E-state index is 12.3. The second kappa shape index (κ2) is 5.79. The fourth-order valence-corrected chi connectivity index (χ4v) is 2.69. The van der Waals surface area contributed by atoms with E-state index < -0.39 is 17.4 Å². The molecule has 1 aromatic heterocycles. The van der Waals surface area contributed by atoms with Gasteiger partial charge in [-0.15, -0.1) is 0 Å². The van der Waals surface area contributed by atoms with Crippen molar-refractivity contribution in [2.24, 2.45) is 0 Å². The highest BCUT2D eigenvalue weighted by Gasteiger charge is 2.52. The van der Waals surface area contributed by atoms with Gasteiger partial charge in [0.1, 0.15) is 11.3 Å².